The molecule has 0 bridgehead atoms. The number of nitrogens with zero attached hydrogens (tertiary/aromatic N) is 1. The third-order valence-electron chi connectivity index (χ3n) is 2.87. The lowest BCUT2D eigenvalue weighted by molar-refractivity contribution is 0.358. The molecule has 17 heavy (non-hydrogen) atoms. The number of ether oxygens (including phenoxy) is 2. The predicted molar refractivity (Wildman–Crippen MR) is 66.7 cm³/mol. The monoisotopic (exact) mass is 228 g/mol. The molecule has 0 atom stereocenters. The normalized spacial score (nSPS) is 10.9. The van der Waals surface area contributed by atoms with Crippen molar-refractivity contribution in [2.24, 2.45) is 0 Å². The fraction of sp³-hybridized carbons (Fsp3) is 0.154. The van der Waals surface area contributed by atoms with Crippen molar-refractivity contribution in [2.75, 3.05) is 14.2 Å². The summed E-state index contributed by atoms with van der Waals surface area (Å²) in [6.45, 7) is 0. The van der Waals surface area contributed by atoms with E-state index < -0.39 is 0 Å². The Morgan fingerprint density at radius 1 is 1.12 bits per heavy atom. The quantitative estimate of drug-likeness (QED) is 0.733. The number of H-pyrrole nitrogens is 1. The lowest BCUT2D eigenvalue weighted by atomic mass is 10.2. The van der Waals surface area contributed by atoms with E-state index in [1.54, 1.807) is 20.4 Å². The Kier molecular flexibility index (Phi) is 2.14. The van der Waals surface area contributed by atoms with Crippen LogP contribution in [0.25, 0.3) is 21.9 Å². The number of nitrogens with one attached hydrogen (secondary N) is 1. The van der Waals surface area contributed by atoms with Gasteiger partial charge in [-0.1, -0.05) is 0 Å². The Bertz CT molecular complexity index is 688. The Morgan fingerprint density at radius 2 is 2.00 bits per heavy atom. The average Bonchev–Trinajstić information content (AvgIpc) is 2.75. The summed E-state index contributed by atoms with van der Waals surface area (Å²) in [5.41, 5.74) is 2.86. The molecule has 3 rings (SSSR count). The number of rotatable bonds is 2. The molecule has 2 heterocycles. The molecule has 0 amide bonds. The zero-order valence-corrected chi connectivity index (χ0v) is 9.65. The minimum Gasteiger partial charge on any atom is -0.493 e. The van der Waals surface area contributed by atoms with E-state index in [1.807, 2.05) is 24.3 Å². The molecule has 0 aliphatic carbocycles. The zero-order valence-electron chi connectivity index (χ0n) is 9.65. The van der Waals surface area contributed by atoms with Crippen LogP contribution in [0.15, 0.2) is 30.5 Å². The summed E-state index contributed by atoms with van der Waals surface area (Å²) < 4.78 is 10.7. The van der Waals surface area contributed by atoms with Gasteiger partial charge in [0, 0.05) is 11.6 Å². The Balaban J connectivity index is 2.47. The lowest BCUT2D eigenvalue weighted by Crippen LogP contribution is -1.90. The van der Waals surface area contributed by atoms with Crippen molar-refractivity contribution in [2.45, 2.75) is 0 Å². The molecule has 0 aliphatic rings. The Hall–Kier alpha value is -2.23. The highest BCUT2D eigenvalue weighted by Gasteiger charge is 2.13. The fourth-order valence-electron chi connectivity index (χ4n) is 2.10. The summed E-state index contributed by atoms with van der Waals surface area (Å²) in [6, 6.07) is 7.78. The van der Waals surface area contributed by atoms with Gasteiger partial charge in [-0.05, 0) is 24.3 Å². The van der Waals surface area contributed by atoms with E-state index in [2.05, 4.69) is 9.97 Å². The molecule has 0 unspecified atom stereocenters. The second kappa shape index (κ2) is 3.66. The van der Waals surface area contributed by atoms with E-state index in [4.69, 9.17) is 9.47 Å². The van der Waals surface area contributed by atoms with E-state index in [9.17, 15) is 0 Å². The van der Waals surface area contributed by atoms with Gasteiger partial charge in [-0.25, -0.2) is 0 Å². The van der Waals surface area contributed by atoms with Gasteiger partial charge >= 0.3 is 0 Å². The number of hydrogen-bond donors (Lipinski definition) is 1. The highest BCUT2D eigenvalue weighted by atomic mass is 16.5. The van der Waals surface area contributed by atoms with Crippen LogP contribution in [0.1, 0.15) is 0 Å². The fourth-order valence-corrected chi connectivity index (χ4v) is 2.10. The maximum atomic E-state index is 5.40. The molecule has 0 radical (unpaired) electrons. The summed E-state index contributed by atoms with van der Waals surface area (Å²) in [5, 5.41) is 1.04. The highest BCUT2D eigenvalue weighted by Crippen LogP contribution is 2.37. The van der Waals surface area contributed by atoms with E-state index in [0.717, 1.165) is 21.9 Å². The van der Waals surface area contributed by atoms with Gasteiger partial charge < -0.3 is 14.5 Å². The first-order valence-corrected chi connectivity index (χ1v) is 5.32. The van der Waals surface area contributed by atoms with Gasteiger partial charge in [0.2, 0.25) is 0 Å². The number of pyridine rings is 1. The molecule has 1 N–H and O–H groups in total. The van der Waals surface area contributed by atoms with E-state index in [-0.39, 0.29) is 0 Å². The van der Waals surface area contributed by atoms with Crippen LogP contribution in [0, 0.1) is 0 Å². The second-order valence-electron chi connectivity index (χ2n) is 3.75. The second-order valence-corrected chi connectivity index (χ2v) is 3.75. The zero-order chi connectivity index (χ0) is 11.8. The maximum absolute atomic E-state index is 5.40. The smallest absolute Gasteiger partial charge is 0.185 e. The summed E-state index contributed by atoms with van der Waals surface area (Å²) >= 11 is 0. The number of fused-ring (bicyclic) bond motifs is 3. The number of aromatic nitrogens is 2. The number of benzene rings is 1. The molecule has 0 fully saturated rings. The van der Waals surface area contributed by atoms with E-state index in [1.165, 1.54) is 0 Å². The van der Waals surface area contributed by atoms with Crippen LogP contribution in [0.5, 0.6) is 11.5 Å². The third kappa shape index (κ3) is 1.34. The maximum Gasteiger partial charge on any atom is 0.185 e. The van der Waals surface area contributed by atoms with Crippen molar-refractivity contribution in [1.29, 1.82) is 0 Å². The standard InChI is InChI=1S/C13H12N2O2/c1-16-10-6-5-8-11-9(4-3-7-14-11)15-12(8)13(10)17-2/h3-7,15H,1-2H3. The van der Waals surface area contributed by atoms with Gasteiger partial charge in [0.05, 0.1) is 30.8 Å². The van der Waals surface area contributed by atoms with Gasteiger partial charge in [0.1, 0.15) is 0 Å². The molecule has 0 saturated carbocycles. The molecular formula is C13H12N2O2. The van der Waals surface area contributed by atoms with Gasteiger partial charge in [-0.15, -0.1) is 0 Å². The highest BCUT2D eigenvalue weighted by molar-refractivity contribution is 6.07. The van der Waals surface area contributed by atoms with Crippen LogP contribution in [-0.2, 0) is 0 Å². The molecule has 0 spiro atoms. The van der Waals surface area contributed by atoms with Crippen molar-refractivity contribution in [1.82, 2.24) is 9.97 Å². The van der Waals surface area contributed by atoms with Crippen molar-refractivity contribution in [3.8, 4) is 11.5 Å². The molecule has 4 heteroatoms. The van der Waals surface area contributed by atoms with E-state index in [0.29, 0.717) is 11.5 Å². The first-order valence-electron chi connectivity index (χ1n) is 5.32. The van der Waals surface area contributed by atoms with Gasteiger partial charge in [-0.3, -0.25) is 4.98 Å². The SMILES string of the molecule is COc1ccc2c([nH]c3cccnc32)c1OC. The summed E-state index contributed by atoms with van der Waals surface area (Å²) in [5.74, 6) is 1.43. The van der Waals surface area contributed by atoms with Crippen molar-refractivity contribution in [3.63, 3.8) is 0 Å². The minimum absolute atomic E-state index is 0.711. The summed E-state index contributed by atoms with van der Waals surface area (Å²) in [6.07, 6.45) is 1.78. The molecule has 4 nitrogen and oxygen atoms in total. The van der Waals surface area contributed by atoms with Crippen molar-refractivity contribution < 1.29 is 9.47 Å². The number of hydrogen-bond acceptors (Lipinski definition) is 3. The largest absolute Gasteiger partial charge is 0.493 e. The first kappa shape index (κ1) is 9.96. The lowest BCUT2D eigenvalue weighted by Gasteiger charge is -2.07. The predicted octanol–water partition coefficient (Wildman–Crippen LogP) is 2.73. The van der Waals surface area contributed by atoms with Crippen LogP contribution in [-0.4, -0.2) is 24.2 Å². The van der Waals surface area contributed by atoms with Crippen LogP contribution >= 0.6 is 0 Å². The summed E-state index contributed by atoms with van der Waals surface area (Å²) in [7, 11) is 3.26. The molecule has 1 aromatic carbocycles. The summed E-state index contributed by atoms with van der Waals surface area (Å²) in [4.78, 5) is 7.68. The van der Waals surface area contributed by atoms with Gasteiger partial charge in [-0.2, -0.15) is 0 Å². The Morgan fingerprint density at radius 3 is 2.76 bits per heavy atom. The van der Waals surface area contributed by atoms with Crippen LogP contribution in [0.3, 0.4) is 0 Å². The van der Waals surface area contributed by atoms with Crippen LogP contribution in [0.4, 0.5) is 0 Å². The van der Waals surface area contributed by atoms with E-state index >= 15 is 0 Å². The molecule has 0 saturated heterocycles. The van der Waals surface area contributed by atoms with Crippen LogP contribution in [0.2, 0.25) is 0 Å². The first-order chi connectivity index (χ1) is 8.35. The molecule has 86 valence electrons. The third-order valence-corrected chi connectivity index (χ3v) is 2.87. The van der Waals surface area contributed by atoms with Crippen LogP contribution < -0.4 is 9.47 Å². The molecule has 2 aromatic heterocycles. The van der Waals surface area contributed by atoms with Gasteiger partial charge in [0.25, 0.3) is 0 Å². The minimum atomic E-state index is 0.711. The molecule has 0 aliphatic heterocycles. The number of methoxy groups -OCH3 is 2. The van der Waals surface area contributed by atoms with Crippen molar-refractivity contribution >= 4 is 21.9 Å². The Labute approximate surface area is 98.2 Å². The molecule has 3 aromatic rings. The molecular weight excluding hydrogens is 216 g/mol. The number of aromatic amines is 1. The van der Waals surface area contributed by atoms with Gasteiger partial charge in [0.15, 0.2) is 11.5 Å². The average molecular weight is 228 g/mol. The topological polar surface area (TPSA) is 47.1 Å². The van der Waals surface area contributed by atoms with Crippen molar-refractivity contribution in [3.05, 3.63) is 30.5 Å².